The topological polar surface area (TPSA) is 75.7 Å². The van der Waals surface area contributed by atoms with Crippen molar-refractivity contribution in [3.63, 3.8) is 0 Å². The largest absolute Gasteiger partial charge is 0.573 e. The van der Waals surface area contributed by atoms with Gasteiger partial charge in [0.05, 0.1) is 10.5 Å². The lowest BCUT2D eigenvalue weighted by atomic mass is 9.97. The lowest BCUT2D eigenvalue weighted by molar-refractivity contribution is -0.274. The van der Waals surface area contributed by atoms with Gasteiger partial charge in [-0.2, -0.15) is 17.5 Å². The van der Waals surface area contributed by atoms with E-state index in [9.17, 15) is 39.6 Å². The van der Waals surface area contributed by atoms with Crippen molar-refractivity contribution in [2.75, 3.05) is 18.4 Å². The van der Waals surface area contributed by atoms with Crippen molar-refractivity contribution in [1.29, 1.82) is 0 Å². The van der Waals surface area contributed by atoms with E-state index in [0.29, 0.717) is 6.07 Å². The molecule has 0 unspecified atom stereocenters. The number of amides is 1. The number of alkyl halides is 6. The number of sulfonamides is 1. The molecule has 0 bridgehead atoms. The molecule has 1 N–H and O–H groups in total. The van der Waals surface area contributed by atoms with Crippen LogP contribution in [0, 0.1) is 5.92 Å². The van der Waals surface area contributed by atoms with Gasteiger partial charge in [0.15, 0.2) is 0 Å². The SMILES string of the molecule is O=C(Nc1cccc(OC(F)(F)F)c1)C1CCN(S(=O)(=O)c2cccc(C(F)(F)F)c2)CC1. The van der Waals surface area contributed by atoms with Gasteiger partial charge in [0.25, 0.3) is 0 Å². The van der Waals surface area contributed by atoms with E-state index >= 15 is 0 Å². The summed E-state index contributed by atoms with van der Waals surface area (Å²) in [5, 5.41) is 2.47. The number of halogens is 6. The first kappa shape index (κ1) is 24.8. The Balaban J connectivity index is 1.63. The minimum absolute atomic E-state index is 0.0702. The number of piperidine rings is 1. The number of nitrogens with one attached hydrogen (secondary N) is 1. The zero-order valence-electron chi connectivity index (χ0n) is 16.8. The van der Waals surface area contributed by atoms with Crippen LogP contribution in [0.3, 0.4) is 0 Å². The molecule has 180 valence electrons. The van der Waals surface area contributed by atoms with Gasteiger partial charge in [0.1, 0.15) is 5.75 Å². The summed E-state index contributed by atoms with van der Waals surface area (Å²) in [6, 6.07) is 8.11. The number of benzene rings is 2. The summed E-state index contributed by atoms with van der Waals surface area (Å²) in [6.07, 6.45) is -9.41. The van der Waals surface area contributed by atoms with Crippen LogP contribution in [0.4, 0.5) is 32.0 Å². The molecule has 0 aromatic heterocycles. The van der Waals surface area contributed by atoms with E-state index in [0.717, 1.165) is 34.6 Å². The van der Waals surface area contributed by atoms with Crippen LogP contribution in [0.2, 0.25) is 0 Å². The number of carbonyl (C=O) groups excluding carboxylic acids is 1. The van der Waals surface area contributed by atoms with Crippen molar-refractivity contribution in [1.82, 2.24) is 4.31 Å². The first-order valence-electron chi connectivity index (χ1n) is 9.60. The Kier molecular flexibility index (Phi) is 6.93. The van der Waals surface area contributed by atoms with Crippen LogP contribution in [-0.4, -0.2) is 38.1 Å². The number of rotatable bonds is 5. The molecule has 13 heteroatoms. The molecular formula is C20H18F6N2O4S. The smallest absolute Gasteiger partial charge is 0.406 e. The van der Waals surface area contributed by atoms with E-state index in [4.69, 9.17) is 0 Å². The van der Waals surface area contributed by atoms with Gasteiger partial charge in [-0.25, -0.2) is 8.42 Å². The Morgan fingerprint density at radius 1 is 0.970 bits per heavy atom. The highest BCUT2D eigenvalue weighted by Gasteiger charge is 2.35. The summed E-state index contributed by atoms with van der Waals surface area (Å²) < 4.78 is 106. The van der Waals surface area contributed by atoms with Crippen molar-refractivity contribution in [2.45, 2.75) is 30.3 Å². The second-order valence-electron chi connectivity index (χ2n) is 7.27. The average molecular weight is 496 g/mol. The first-order chi connectivity index (χ1) is 15.3. The molecule has 1 aliphatic rings. The first-order valence-corrected chi connectivity index (χ1v) is 11.0. The van der Waals surface area contributed by atoms with Crippen molar-refractivity contribution in [3.8, 4) is 5.75 Å². The van der Waals surface area contributed by atoms with E-state index in [-0.39, 0.29) is 31.6 Å². The Morgan fingerprint density at radius 3 is 2.21 bits per heavy atom. The second kappa shape index (κ2) is 9.21. The molecule has 2 aromatic carbocycles. The van der Waals surface area contributed by atoms with Crippen LogP contribution in [0.15, 0.2) is 53.4 Å². The van der Waals surface area contributed by atoms with Crippen molar-refractivity contribution >= 4 is 21.6 Å². The van der Waals surface area contributed by atoms with E-state index in [1.807, 2.05) is 0 Å². The third-order valence-electron chi connectivity index (χ3n) is 4.96. The predicted octanol–water partition coefficient (Wildman–Crippen LogP) is 4.64. The van der Waals surface area contributed by atoms with Crippen LogP contribution in [0.5, 0.6) is 5.75 Å². The molecule has 1 aliphatic heterocycles. The van der Waals surface area contributed by atoms with E-state index in [1.165, 1.54) is 12.1 Å². The molecule has 0 aliphatic carbocycles. The number of hydrogen-bond donors (Lipinski definition) is 1. The summed E-state index contributed by atoms with van der Waals surface area (Å²) >= 11 is 0. The maximum absolute atomic E-state index is 12.9. The molecule has 3 rings (SSSR count). The lowest BCUT2D eigenvalue weighted by Gasteiger charge is -2.30. The molecule has 0 spiro atoms. The highest BCUT2D eigenvalue weighted by Crippen LogP contribution is 2.32. The van der Waals surface area contributed by atoms with Gasteiger partial charge < -0.3 is 10.1 Å². The molecule has 1 amide bonds. The number of hydrogen-bond acceptors (Lipinski definition) is 4. The fourth-order valence-corrected chi connectivity index (χ4v) is 4.87. The minimum Gasteiger partial charge on any atom is -0.406 e. The molecule has 1 fully saturated rings. The summed E-state index contributed by atoms with van der Waals surface area (Å²) in [5.74, 6) is -1.66. The van der Waals surface area contributed by atoms with Gasteiger partial charge in [-0.05, 0) is 43.2 Å². The molecule has 2 aromatic rings. The average Bonchev–Trinajstić information content (AvgIpc) is 2.72. The Morgan fingerprint density at radius 2 is 1.61 bits per heavy atom. The number of nitrogens with zero attached hydrogens (tertiary/aromatic N) is 1. The van der Waals surface area contributed by atoms with Gasteiger partial charge in [-0.1, -0.05) is 12.1 Å². The molecule has 33 heavy (non-hydrogen) atoms. The molecular weight excluding hydrogens is 478 g/mol. The fraction of sp³-hybridized carbons (Fsp3) is 0.350. The molecule has 0 saturated carbocycles. The Bertz CT molecular complexity index is 1110. The third-order valence-corrected chi connectivity index (χ3v) is 6.85. The van der Waals surface area contributed by atoms with E-state index in [2.05, 4.69) is 10.1 Å². The molecule has 1 heterocycles. The number of ether oxygens (including phenoxy) is 1. The van der Waals surface area contributed by atoms with Gasteiger partial charge in [0.2, 0.25) is 15.9 Å². The van der Waals surface area contributed by atoms with Crippen LogP contribution in [-0.2, 0) is 21.0 Å². The molecule has 0 radical (unpaired) electrons. The maximum atomic E-state index is 12.9. The molecule has 6 nitrogen and oxygen atoms in total. The summed E-state index contributed by atoms with van der Waals surface area (Å²) in [6.45, 7) is -0.207. The monoisotopic (exact) mass is 496 g/mol. The normalized spacial score (nSPS) is 16.4. The van der Waals surface area contributed by atoms with Crippen LogP contribution in [0.25, 0.3) is 0 Å². The second-order valence-corrected chi connectivity index (χ2v) is 9.21. The zero-order valence-corrected chi connectivity index (χ0v) is 17.6. The highest BCUT2D eigenvalue weighted by molar-refractivity contribution is 7.89. The summed E-state index contributed by atoms with van der Waals surface area (Å²) in [5.41, 5.74) is -1.02. The number of carbonyl (C=O) groups is 1. The van der Waals surface area contributed by atoms with E-state index < -0.39 is 50.6 Å². The van der Waals surface area contributed by atoms with Gasteiger partial charge in [-0.3, -0.25) is 4.79 Å². The maximum Gasteiger partial charge on any atom is 0.573 e. The van der Waals surface area contributed by atoms with Crippen molar-refractivity contribution in [2.24, 2.45) is 5.92 Å². The van der Waals surface area contributed by atoms with Gasteiger partial charge in [-0.15, -0.1) is 13.2 Å². The van der Waals surface area contributed by atoms with Crippen LogP contribution < -0.4 is 10.1 Å². The lowest BCUT2D eigenvalue weighted by Crippen LogP contribution is -2.41. The predicted molar refractivity (Wildman–Crippen MR) is 105 cm³/mol. The van der Waals surface area contributed by atoms with E-state index in [1.54, 1.807) is 0 Å². The quantitative estimate of drug-likeness (QED) is 0.612. The van der Waals surface area contributed by atoms with Gasteiger partial charge >= 0.3 is 12.5 Å². The third kappa shape index (κ3) is 6.38. The standard InChI is InChI=1S/C20H18F6N2O4S/c21-19(22,23)14-3-1-6-17(11-14)33(30,31)28-9-7-13(8-10-28)18(29)27-15-4-2-5-16(12-15)32-20(24,25)26/h1-6,11-13H,7-10H2,(H,27,29). The highest BCUT2D eigenvalue weighted by atomic mass is 32.2. The zero-order chi connectivity index (χ0) is 24.4. The van der Waals surface area contributed by atoms with Crippen molar-refractivity contribution in [3.05, 3.63) is 54.1 Å². The summed E-state index contributed by atoms with van der Waals surface area (Å²) in [4.78, 5) is 12.0. The number of anilines is 1. The minimum atomic E-state index is -4.89. The fourth-order valence-electron chi connectivity index (χ4n) is 3.36. The Labute approximate surface area is 185 Å². The van der Waals surface area contributed by atoms with Gasteiger partial charge in [0, 0.05) is 30.8 Å². The summed E-state index contributed by atoms with van der Waals surface area (Å²) in [7, 11) is -4.20. The van der Waals surface area contributed by atoms with Crippen LogP contribution >= 0.6 is 0 Å². The van der Waals surface area contributed by atoms with Crippen molar-refractivity contribution < 1.29 is 44.3 Å². The Hall–Kier alpha value is -2.80. The molecule has 1 saturated heterocycles. The molecule has 0 atom stereocenters. The van der Waals surface area contributed by atoms with Crippen LogP contribution in [0.1, 0.15) is 18.4 Å².